The monoisotopic (exact) mass is 514 g/mol. The summed E-state index contributed by atoms with van der Waals surface area (Å²) in [5.41, 5.74) is 5.37. The average Bonchev–Trinajstić information content (AvgIpc) is 2.76. The molecule has 8 nitrogen and oxygen atoms in total. The van der Waals surface area contributed by atoms with Gasteiger partial charge >= 0.3 is 0 Å². The molecule has 0 aliphatic heterocycles. The summed E-state index contributed by atoms with van der Waals surface area (Å²) in [5, 5.41) is 15.8. The van der Waals surface area contributed by atoms with E-state index in [-0.39, 0.29) is 18.6 Å². The third-order valence-corrected chi connectivity index (χ3v) is 6.16. The summed E-state index contributed by atoms with van der Waals surface area (Å²) in [6.07, 6.45) is 2.89. The topological polar surface area (TPSA) is 125 Å². The first kappa shape index (κ1) is 28.9. The van der Waals surface area contributed by atoms with Gasteiger partial charge in [0, 0.05) is 16.8 Å². The molecular weight excluding hydrogens is 480 g/mol. The van der Waals surface area contributed by atoms with Crippen LogP contribution >= 0.6 is 15.9 Å². The third kappa shape index (κ3) is 9.69. The molecule has 174 valence electrons. The van der Waals surface area contributed by atoms with Gasteiger partial charge in [0.05, 0.1) is 26.8 Å². The highest BCUT2D eigenvalue weighted by molar-refractivity contribution is 9.10. The number of nitrogens with zero attached hydrogens (tertiary/aromatic N) is 2. The molecular formula is C21H35BrN6O2S. The number of anilines is 3. The fourth-order valence-electron chi connectivity index (χ4n) is 2.13. The van der Waals surface area contributed by atoms with Crippen molar-refractivity contribution < 1.29 is 9.32 Å². The van der Waals surface area contributed by atoms with Gasteiger partial charge < -0.3 is 21.5 Å². The lowest BCUT2D eigenvalue weighted by Gasteiger charge is -2.21. The van der Waals surface area contributed by atoms with E-state index in [0.29, 0.717) is 21.1 Å². The van der Waals surface area contributed by atoms with Gasteiger partial charge in [-0.15, -0.1) is 0 Å². The average molecular weight is 516 g/mol. The van der Waals surface area contributed by atoms with E-state index in [1.165, 1.54) is 6.20 Å². The summed E-state index contributed by atoms with van der Waals surface area (Å²) < 4.78 is 15.6. The lowest BCUT2D eigenvalue weighted by Crippen LogP contribution is -2.30. The molecule has 0 amide bonds. The number of aliphatic hydroxyl groups is 1. The zero-order valence-corrected chi connectivity index (χ0v) is 21.3. The predicted octanol–water partition coefficient (Wildman–Crippen LogP) is 3.74. The standard InChI is InChI=1S/C17H24BrN5O2S.C2H5N.C2H6/c1-11(2)15(10-24)22-16-14(18)9-20-17(23-16)21-12-5-7-13(8-6-12)26(4,25)19-3;1-2-3;1-2/h5-9,11,15,24H,4,10H2,1-3H3,(H,19,25)(H2,20,21,22,23);2H,1,3H2;1-2H3. The molecule has 1 aromatic heterocycles. The number of rotatable bonds is 8. The molecule has 2 atom stereocenters. The molecule has 0 spiro atoms. The first-order chi connectivity index (χ1) is 14.7. The van der Waals surface area contributed by atoms with Gasteiger partial charge in [0.2, 0.25) is 5.95 Å². The van der Waals surface area contributed by atoms with Gasteiger partial charge in [-0.05, 0) is 65.2 Å². The van der Waals surface area contributed by atoms with Gasteiger partial charge in [0.25, 0.3) is 0 Å². The second kappa shape index (κ2) is 14.8. The van der Waals surface area contributed by atoms with Crippen LogP contribution in [-0.2, 0) is 9.71 Å². The van der Waals surface area contributed by atoms with Crippen molar-refractivity contribution in [2.45, 2.75) is 38.6 Å². The molecule has 2 unspecified atom stereocenters. The van der Waals surface area contributed by atoms with E-state index < -0.39 is 9.71 Å². The van der Waals surface area contributed by atoms with Crippen LogP contribution in [0.4, 0.5) is 17.5 Å². The number of benzene rings is 1. The fourth-order valence-corrected chi connectivity index (χ4v) is 3.25. The van der Waals surface area contributed by atoms with Crippen molar-refractivity contribution in [3.05, 3.63) is 47.7 Å². The summed E-state index contributed by atoms with van der Waals surface area (Å²) in [6, 6.07) is 6.96. The zero-order chi connectivity index (χ0) is 24.0. The van der Waals surface area contributed by atoms with E-state index in [0.717, 1.165) is 5.69 Å². The van der Waals surface area contributed by atoms with Crippen LogP contribution < -0.4 is 21.1 Å². The van der Waals surface area contributed by atoms with Crippen molar-refractivity contribution >= 4 is 49.0 Å². The van der Waals surface area contributed by atoms with Gasteiger partial charge in [0.1, 0.15) is 5.82 Å². The van der Waals surface area contributed by atoms with Crippen LogP contribution in [0, 0.1) is 5.92 Å². The molecule has 1 aromatic carbocycles. The molecule has 0 aliphatic carbocycles. The predicted molar refractivity (Wildman–Crippen MR) is 137 cm³/mol. The number of nitrogens with two attached hydrogens (primary N) is 1. The number of aromatic nitrogens is 2. The summed E-state index contributed by atoms with van der Waals surface area (Å²) >= 11 is 3.42. The minimum absolute atomic E-state index is 0.00806. The molecule has 0 fully saturated rings. The van der Waals surface area contributed by atoms with Gasteiger partial charge in [0.15, 0.2) is 0 Å². The Hall–Kier alpha value is -2.14. The molecule has 0 bridgehead atoms. The van der Waals surface area contributed by atoms with Gasteiger partial charge in [-0.3, -0.25) is 0 Å². The minimum Gasteiger partial charge on any atom is -0.405 e. The van der Waals surface area contributed by atoms with Crippen molar-refractivity contribution in [2.75, 3.05) is 24.3 Å². The highest BCUT2D eigenvalue weighted by atomic mass is 79.9. The van der Waals surface area contributed by atoms with E-state index in [1.807, 2.05) is 27.7 Å². The Morgan fingerprint density at radius 3 is 2.29 bits per heavy atom. The van der Waals surface area contributed by atoms with Gasteiger partial charge in [-0.2, -0.15) is 4.98 Å². The molecule has 0 radical (unpaired) electrons. The van der Waals surface area contributed by atoms with E-state index in [1.54, 1.807) is 37.5 Å². The molecule has 0 aliphatic rings. The maximum atomic E-state index is 12.2. The molecule has 10 heteroatoms. The molecule has 6 N–H and O–H groups in total. The Kier molecular flexibility index (Phi) is 13.8. The van der Waals surface area contributed by atoms with Crippen LogP contribution in [0.25, 0.3) is 0 Å². The molecule has 2 rings (SSSR count). The van der Waals surface area contributed by atoms with Crippen LogP contribution in [-0.4, -0.2) is 44.9 Å². The Morgan fingerprint density at radius 2 is 1.84 bits per heavy atom. The van der Waals surface area contributed by atoms with Crippen LogP contribution in [0.5, 0.6) is 0 Å². The van der Waals surface area contributed by atoms with Gasteiger partial charge in [-0.1, -0.05) is 34.3 Å². The number of hydrogen-bond acceptors (Lipinski definition) is 7. The largest absolute Gasteiger partial charge is 0.405 e. The van der Waals surface area contributed by atoms with Crippen molar-refractivity contribution in [1.82, 2.24) is 14.7 Å². The Balaban J connectivity index is 0.00000165. The van der Waals surface area contributed by atoms with E-state index >= 15 is 0 Å². The van der Waals surface area contributed by atoms with Crippen molar-refractivity contribution in [1.29, 1.82) is 0 Å². The SMILES string of the molecule is C=CN.C=S(=O)(NC)c1ccc(Nc2ncc(Br)c(NC(CO)C(C)C)n2)cc1.CC. The molecule has 31 heavy (non-hydrogen) atoms. The van der Waals surface area contributed by atoms with Crippen molar-refractivity contribution in [2.24, 2.45) is 11.7 Å². The van der Waals surface area contributed by atoms with Crippen molar-refractivity contribution in [3.8, 4) is 0 Å². The number of aliphatic hydroxyl groups excluding tert-OH is 1. The van der Waals surface area contributed by atoms with Crippen molar-refractivity contribution in [3.63, 3.8) is 0 Å². The number of hydrogen-bond donors (Lipinski definition) is 5. The lowest BCUT2D eigenvalue weighted by atomic mass is 10.1. The highest BCUT2D eigenvalue weighted by Crippen LogP contribution is 2.24. The Morgan fingerprint density at radius 1 is 1.29 bits per heavy atom. The fraction of sp³-hybridized carbons (Fsp3) is 0.381. The third-order valence-electron chi connectivity index (χ3n) is 3.89. The number of halogens is 1. The van der Waals surface area contributed by atoms with Crippen LogP contribution in [0.3, 0.4) is 0 Å². The van der Waals surface area contributed by atoms with E-state index in [9.17, 15) is 9.32 Å². The minimum atomic E-state index is -2.47. The summed E-state index contributed by atoms with van der Waals surface area (Å²) in [7, 11) is -0.860. The molecule has 0 saturated carbocycles. The summed E-state index contributed by atoms with van der Waals surface area (Å²) in [5.74, 6) is 4.94. The van der Waals surface area contributed by atoms with Crippen LogP contribution in [0.1, 0.15) is 27.7 Å². The molecule has 1 heterocycles. The zero-order valence-electron chi connectivity index (χ0n) is 18.9. The van der Waals surface area contributed by atoms with E-state index in [2.05, 4.69) is 59.4 Å². The summed E-state index contributed by atoms with van der Waals surface area (Å²) in [6.45, 7) is 11.2. The smallest absolute Gasteiger partial charge is 0.229 e. The first-order valence-electron chi connectivity index (χ1n) is 9.83. The lowest BCUT2D eigenvalue weighted by molar-refractivity contribution is 0.249. The quantitative estimate of drug-likeness (QED) is 0.339. The highest BCUT2D eigenvalue weighted by Gasteiger charge is 2.15. The second-order valence-corrected chi connectivity index (χ2v) is 9.42. The number of nitrogens with one attached hydrogen (secondary N) is 3. The van der Waals surface area contributed by atoms with Crippen LogP contribution in [0.2, 0.25) is 0 Å². The normalized spacial score (nSPS) is 12.9. The molecule has 0 saturated heterocycles. The Labute approximate surface area is 195 Å². The van der Waals surface area contributed by atoms with E-state index in [4.69, 9.17) is 0 Å². The van der Waals surface area contributed by atoms with Gasteiger partial charge in [-0.25, -0.2) is 13.9 Å². The Bertz CT molecular complexity index is 889. The maximum absolute atomic E-state index is 12.2. The second-order valence-electron chi connectivity index (χ2n) is 6.33. The summed E-state index contributed by atoms with van der Waals surface area (Å²) in [4.78, 5) is 9.32. The molecule has 2 aromatic rings. The maximum Gasteiger partial charge on any atom is 0.229 e. The van der Waals surface area contributed by atoms with Crippen LogP contribution in [0.15, 0.2) is 52.6 Å². The first-order valence-corrected chi connectivity index (χ1v) is 12.4.